The Bertz CT molecular complexity index is 655. The molecule has 0 bridgehead atoms. The smallest absolute Gasteiger partial charge is 0.747 e. The fourth-order valence-electron chi connectivity index (χ4n) is 4.33. The number of esters is 2. The normalized spacial score (nSPS) is 12.1. The van der Waals surface area contributed by atoms with Crippen molar-refractivity contribution in [2.45, 2.75) is 160 Å². The van der Waals surface area contributed by atoms with Crippen LogP contribution in [-0.2, 0) is 29.2 Å². The summed E-state index contributed by atoms with van der Waals surface area (Å²) in [6.07, 6.45) is 22.3. The largest absolute Gasteiger partial charge is 1.00 e. The van der Waals surface area contributed by atoms with E-state index < -0.39 is 33.7 Å². The van der Waals surface area contributed by atoms with Crippen LogP contribution in [-0.4, -0.2) is 43.4 Å². The van der Waals surface area contributed by atoms with Crippen LogP contribution in [0.5, 0.6) is 0 Å². The second-order valence-electron chi connectivity index (χ2n) is 10.3. The average Bonchev–Trinajstić information content (AvgIpc) is 2.85. The van der Waals surface area contributed by atoms with Gasteiger partial charge in [-0.05, 0) is 19.3 Å². The molecule has 0 amide bonds. The van der Waals surface area contributed by atoms with E-state index in [9.17, 15) is 22.6 Å². The SMILES string of the molecule is CCCCCCCCCCCCOC(=O)CCC(C(=O)OCCCCCCCCCCCC)S(=O)(=O)[O-].[Na+]. The molecule has 0 spiro atoms. The zero-order valence-electron chi connectivity index (χ0n) is 24.8. The Kier molecular flexibility index (Phi) is 29.9. The van der Waals surface area contributed by atoms with E-state index in [1.54, 1.807) is 0 Å². The number of carbonyl (C=O) groups is 2. The Morgan fingerprint density at radius 1 is 0.605 bits per heavy atom. The van der Waals surface area contributed by atoms with Crippen LogP contribution < -0.4 is 29.6 Å². The third-order valence-corrected chi connectivity index (χ3v) is 7.85. The molecule has 0 fully saturated rings. The summed E-state index contributed by atoms with van der Waals surface area (Å²) in [6.45, 7) is 4.78. The summed E-state index contributed by atoms with van der Waals surface area (Å²) in [4.78, 5) is 24.1. The van der Waals surface area contributed by atoms with Crippen LogP contribution in [0.4, 0.5) is 0 Å². The molecule has 220 valence electrons. The van der Waals surface area contributed by atoms with E-state index in [2.05, 4.69) is 13.8 Å². The van der Waals surface area contributed by atoms with Crippen LogP contribution in [0.2, 0.25) is 0 Å². The molecule has 0 saturated carbocycles. The van der Waals surface area contributed by atoms with Crippen molar-refractivity contribution in [3.05, 3.63) is 0 Å². The van der Waals surface area contributed by atoms with Gasteiger partial charge in [-0.1, -0.05) is 129 Å². The van der Waals surface area contributed by atoms with Crippen molar-refractivity contribution in [1.82, 2.24) is 0 Å². The molecule has 38 heavy (non-hydrogen) atoms. The summed E-state index contributed by atoms with van der Waals surface area (Å²) in [5, 5.41) is -1.86. The van der Waals surface area contributed by atoms with E-state index in [1.807, 2.05) is 0 Å². The summed E-state index contributed by atoms with van der Waals surface area (Å²) in [6, 6.07) is 0. The first-order valence-electron chi connectivity index (χ1n) is 15.1. The van der Waals surface area contributed by atoms with E-state index in [0.717, 1.165) is 38.5 Å². The van der Waals surface area contributed by atoms with Gasteiger partial charge in [0.1, 0.15) is 15.4 Å². The van der Waals surface area contributed by atoms with Crippen LogP contribution in [0.1, 0.15) is 155 Å². The molecule has 0 aromatic carbocycles. The number of ether oxygens (including phenoxy) is 2. The minimum atomic E-state index is -4.90. The van der Waals surface area contributed by atoms with Gasteiger partial charge in [-0.3, -0.25) is 9.59 Å². The maximum absolute atomic E-state index is 12.2. The predicted molar refractivity (Wildman–Crippen MR) is 148 cm³/mol. The van der Waals surface area contributed by atoms with Gasteiger partial charge < -0.3 is 14.0 Å². The minimum Gasteiger partial charge on any atom is -0.747 e. The van der Waals surface area contributed by atoms with E-state index in [1.165, 1.54) is 83.5 Å². The van der Waals surface area contributed by atoms with Gasteiger partial charge in [0.05, 0.1) is 13.2 Å². The topological polar surface area (TPSA) is 110 Å². The molecule has 0 saturated heterocycles. The number of hydrogen-bond acceptors (Lipinski definition) is 7. The molecular formula is C29H55NaO7S. The number of hydrogen-bond donors (Lipinski definition) is 0. The second-order valence-corrected chi connectivity index (χ2v) is 11.8. The molecule has 0 heterocycles. The summed E-state index contributed by atoms with van der Waals surface area (Å²) < 4.78 is 44.8. The fourth-order valence-corrected chi connectivity index (χ4v) is 5.04. The molecule has 0 N–H and O–H groups in total. The first kappa shape index (κ1) is 40.0. The van der Waals surface area contributed by atoms with E-state index in [4.69, 9.17) is 9.47 Å². The van der Waals surface area contributed by atoms with E-state index in [-0.39, 0.29) is 49.2 Å². The molecule has 0 aliphatic carbocycles. The van der Waals surface area contributed by atoms with Crippen LogP contribution >= 0.6 is 0 Å². The molecule has 0 aliphatic heterocycles. The maximum atomic E-state index is 12.2. The summed E-state index contributed by atoms with van der Waals surface area (Å²) in [7, 11) is -4.90. The zero-order valence-corrected chi connectivity index (χ0v) is 27.6. The molecule has 7 nitrogen and oxygen atoms in total. The Balaban J connectivity index is 0. The molecule has 0 aliphatic rings. The first-order valence-corrected chi connectivity index (χ1v) is 16.6. The Labute approximate surface area is 256 Å². The molecule has 1 atom stereocenters. The van der Waals surface area contributed by atoms with Crippen molar-refractivity contribution in [2.24, 2.45) is 0 Å². The molecule has 9 heteroatoms. The second kappa shape index (κ2) is 28.4. The molecule has 0 aromatic heterocycles. The summed E-state index contributed by atoms with van der Waals surface area (Å²) in [5.74, 6) is -1.65. The van der Waals surface area contributed by atoms with Gasteiger partial charge in [-0.25, -0.2) is 8.42 Å². The Morgan fingerprint density at radius 3 is 1.32 bits per heavy atom. The standard InChI is InChI=1S/C29H56O7S.Na/c1-3-5-7-9-11-13-15-17-19-21-25-35-28(30)24-23-27(37(32,33)34)29(31)36-26-22-20-18-16-14-12-10-8-6-4-2;/h27H,3-26H2,1-2H3,(H,32,33,34);/q;+1/p-1. The third kappa shape index (κ3) is 26.1. The van der Waals surface area contributed by atoms with Gasteiger partial charge in [0.15, 0.2) is 0 Å². The molecular weight excluding hydrogens is 515 g/mol. The van der Waals surface area contributed by atoms with Gasteiger partial charge in [0.25, 0.3) is 0 Å². The molecule has 0 rings (SSSR count). The van der Waals surface area contributed by atoms with Crippen molar-refractivity contribution in [2.75, 3.05) is 13.2 Å². The van der Waals surface area contributed by atoms with Crippen molar-refractivity contribution in [1.29, 1.82) is 0 Å². The van der Waals surface area contributed by atoms with Gasteiger partial charge >= 0.3 is 41.5 Å². The molecule has 0 radical (unpaired) electrons. The number of unbranched alkanes of at least 4 members (excludes halogenated alkanes) is 18. The average molecular weight is 571 g/mol. The molecule has 1 unspecified atom stereocenters. The Morgan fingerprint density at radius 2 is 0.947 bits per heavy atom. The third-order valence-electron chi connectivity index (χ3n) is 6.73. The minimum absolute atomic E-state index is 0. The maximum Gasteiger partial charge on any atom is 1.00 e. The van der Waals surface area contributed by atoms with Gasteiger partial charge in [0, 0.05) is 6.42 Å². The number of carbonyl (C=O) groups excluding carboxylic acids is 2. The van der Waals surface area contributed by atoms with Crippen molar-refractivity contribution in [3.8, 4) is 0 Å². The molecule has 0 aromatic rings. The van der Waals surface area contributed by atoms with Crippen LogP contribution in [0.15, 0.2) is 0 Å². The number of rotatable bonds is 27. The zero-order chi connectivity index (χ0) is 27.6. The Hall–Kier alpha value is -0.150. The quantitative estimate of drug-likeness (QED) is 0.0614. The van der Waals surface area contributed by atoms with E-state index >= 15 is 0 Å². The fraction of sp³-hybridized carbons (Fsp3) is 0.931. The van der Waals surface area contributed by atoms with Gasteiger partial charge in [-0.2, -0.15) is 0 Å². The monoisotopic (exact) mass is 570 g/mol. The summed E-state index contributed by atoms with van der Waals surface area (Å²) >= 11 is 0. The predicted octanol–water partition coefficient (Wildman–Crippen LogP) is 4.61. The van der Waals surface area contributed by atoms with Crippen molar-refractivity contribution < 1.29 is 61.6 Å². The van der Waals surface area contributed by atoms with Crippen LogP contribution in [0.3, 0.4) is 0 Å². The van der Waals surface area contributed by atoms with Gasteiger partial charge in [0.2, 0.25) is 0 Å². The van der Waals surface area contributed by atoms with Gasteiger partial charge in [-0.15, -0.1) is 0 Å². The van der Waals surface area contributed by atoms with Crippen LogP contribution in [0, 0.1) is 0 Å². The summed E-state index contributed by atoms with van der Waals surface area (Å²) in [5.41, 5.74) is 0. The van der Waals surface area contributed by atoms with Crippen LogP contribution in [0.25, 0.3) is 0 Å². The van der Waals surface area contributed by atoms with E-state index in [0.29, 0.717) is 6.42 Å². The van der Waals surface area contributed by atoms with Crippen molar-refractivity contribution >= 4 is 22.1 Å². The van der Waals surface area contributed by atoms with Crippen molar-refractivity contribution in [3.63, 3.8) is 0 Å². The first-order chi connectivity index (χ1) is 17.8.